The average Bonchev–Trinajstić information content (AvgIpc) is 3.02. The lowest BCUT2D eigenvalue weighted by Crippen LogP contribution is -2.47. The molecule has 1 amide bonds. The molecule has 2 aliphatic rings. The highest BCUT2D eigenvalue weighted by Crippen LogP contribution is 2.21. The molecule has 8 heteroatoms. The van der Waals surface area contributed by atoms with Gasteiger partial charge in [0.1, 0.15) is 18.0 Å². The van der Waals surface area contributed by atoms with Crippen LogP contribution in [0.5, 0.6) is 0 Å². The number of benzene rings is 1. The number of amides is 1. The Kier molecular flexibility index (Phi) is 7.18. The second-order valence-corrected chi connectivity index (χ2v) is 6.64. The van der Waals surface area contributed by atoms with Gasteiger partial charge in [-0.3, -0.25) is 4.79 Å². The molecule has 0 bridgehead atoms. The van der Waals surface area contributed by atoms with Crippen LogP contribution < -0.4 is 10.2 Å². The molecule has 0 aliphatic carbocycles. The standard InChI is InChI=1S/C18H22F2N4O.ClH/c19-13-1-3-16(4-2-13)23-7-5-15(6-8-23)22-11-18(25)24-12-14(20)9-17(24)10-21;/h1-4,14-15,17,22H,5-9,11-12H2;1H. The predicted molar refractivity (Wildman–Crippen MR) is 97.5 cm³/mol. The largest absolute Gasteiger partial charge is 0.371 e. The lowest BCUT2D eigenvalue weighted by molar-refractivity contribution is -0.130. The maximum Gasteiger partial charge on any atom is 0.237 e. The van der Waals surface area contributed by atoms with E-state index in [1.165, 1.54) is 17.0 Å². The van der Waals surface area contributed by atoms with Gasteiger partial charge in [-0.2, -0.15) is 5.26 Å². The fourth-order valence-corrected chi connectivity index (χ4v) is 3.51. The van der Waals surface area contributed by atoms with Crippen molar-refractivity contribution in [1.82, 2.24) is 10.2 Å². The van der Waals surface area contributed by atoms with Crippen LogP contribution in [-0.4, -0.2) is 55.2 Å². The Hall–Kier alpha value is -1.91. The molecule has 1 aromatic rings. The molecule has 0 radical (unpaired) electrons. The Morgan fingerprint density at radius 1 is 1.27 bits per heavy atom. The summed E-state index contributed by atoms with van der Waals surface area (Å²) < 4.78 is 26.4. The summed E-state index contributed by atoms with van der Waals surface area (Å²) in [5.74, 6) is -0.459. The molecule has 2 unspecified atom stereocenters. The molecule has 2 aliphatic heterocycles. The molecule has 2 fully saturated rings. The van der Waals surface area contributed by atoms with Gasteiger partial charge in [0.15, 0.2) is 0 Å². The number of nitrogens with zero attached hydrogens (tertiary/aromatic N) is 3. The second kappa shape index (κ2) is 9.15. The first-order chi connectivity index (χ1) is 12.1. The number of carbonyl (C=O) groups is 1. The van der Waals surface area contributed by atoms with Crippen LogP contribution in [0.1, 0.15) is 19.3 Å². The van der Waals surface area contributed by atoms with E-state index in [2.05, 4.69) is 10.2 Å². The smallest absolute Gasteiger partial charge is 0.237 e. The predicted octanol–water partition coefficient (Wildman–Crippen LogP) is 2.27. The van der Waals surface area contributed by atoms with Gasteiger partial charge in [0, 0.05) is 31.2 Å². The molecule has 3 rings (SSSR count). The van der Waals surface area contributed by atoms with Crippen LogP contribution in [0.15, 0.2) is 24.3 Å². The summed E-state index contributed by atoms with van der Waals surface area (Å²) in [6.45, 7) is 1.80. The minimum Gasteiger partial charge on any atom is -0.371 e. The molecule has 26 heavy (non-hydrogen) atoms. The molecular formula is C18H23ClF2N4O. The monoisotopic (exact) mass is 384 g/mol. The number of halogens is 3. The van der Waals surface area contributed by atoms with Crippen LogP contribution in [0.3, 0.4) is 0 Å². The molecular weight excluding hydrogens is 362 g/mol. The Labute approximate surface area is 158 Å². The Balaban J connectivity index is 0.00000243. The Bertz CT molecular complexity index is 644. The van der Waals surface area contributed by atoms with Crippen LogP contribution >= 0.6 is 12.4 Å². The van der Waals surface area contributed by atoms with E-state index in [0.29, 0.717) is 0 Å². The zero-order valence-electron chi connectivity index (χ0n) is 14.4. The fraction of sp³-hybridized carbons (Fsp3) is 0.556. The van der Waals surface area contributed by atoms with Gasteiger partial charge in [0.25, 0.3) is 0 Å². The van der Waals surface area contributed by atoms with E-state index >= 15 is 0 Å². The van der Waals surface area contributed by atoms with Crippen molar-refractivity contribution in [2.24, 2.45) is 0 Å². The number of alkyl halides is 1. The first kappa shape index (κ1) is 20.4. The number of nitrogens with one attached hydrogen (secondary N) is 1. The van der Waals surface area contributed by atoms with Crippen molar-refractivity contribution < 1.29 is 13.6 Å². The highest BCUT2D eigenvalue weighted by atomic mass is 35.5. The van der Waals surface area contributed by atoms with Gasteiger partial charge in [-0.25, -0.2) is 8.78 Å². The minimum atomic E-state index is -1.10. The van der Waals surface area contributed by atoms with Crippen molar-refractivity contribution >= 4 is 24.0 Å². The molecule has 142 valence electrons. The van der Waals surface area contributed by atoms with Crippen molar-refractivity contribution in [3.8, 4) is 6.07 Å². The second-order valence-electron chi connectivity index (χ2n) is 6.64. The van der Waals surface area contributed by atoms with Gasteiger partial charge in [0.05, 0.1) is 19.2 Å². The van der Waals surface area contributed by atoms with Gasteiger partial charge in [-0.05, 0) is 37.1 Å². The van der Waals surface area contributed by atoms with Gasteiger partial charge in [-0.1, -0.05) is 0 Å². The van der Waals surface area contributed by atoms with E-state index in [9.17, 15) is 13.6 Å². The van der Waals surface area contributed by atoms with Crippen molar-refractivity contribution in [2.45, 2.75) is 37.5 Å². The van der Waals surface area contributed by atoms with E-state index in [-0.39, 0.29) is 49.7 Å². The first-order valence-corrected chi connectivity index (χ1v) is 8.64. The van der Waals surface area contributed by atoms with Gasteiger partial charge in [0.2, 0.25) is 5.91 Å². The van der Waals surface area contributed by atoms with Crippen LogP contribution in [0.2, 0.25) is 0 Å². The maximum atomic E-state index is 13.4. The topological polar surface area (TPSA) is 59.4 Å². The fourth-order valence-electron chi connectivity index (χ4n) is 3.51. The molecule has 0 spiro atoms. The number of nitriles is 1. The number of carbonyl (C=O) groups excluding carboxylic acids is 1. The molecule has 2 saturated heterocycles. The van der Waals surface area contributed by atoms with Crippen molar-refractivity contribution in [2.75, 3.05) is 31.1 Å². The van der Waals surface area contributed by atoms with Crippen molar-refractivity contribution in [3.05, 3.63) is 30.1 Å². The molecule has 2 heterocycles. The summed E-state index contributed by atoms with van der Waals surface area (Å²) in [6.07, 6.45) is 0.751. The van der Waals surface area contributed by atoms with Crippen LogP contribution in [0.4, 0.5) is 14.5 Å². The molecule has 1 aromatic carbocycles. The third-order valence-electron chi connectivity index (χ3n) is 4.95. The maximum absolute atomic E-state index is 13.4. The van der Waals surface area contributed by atoms with E-state index in [0.717, 1.165) is 31.6 Å². The van der Waals surface area contributed by atoms with Crippen molar-refractivity contribution in [1.29, 1.82) is 5.26 Å². The molecule has 0 saturated carbocycles. The van der Waals surface area contributed by atoms with Gasteiger partial charge < -0.3 is 15.1 Å². The zero-order chi connectivity index (χ0) is 17.8. The molecule has 1 N–H and O–H groups in total. The summed E-state index contributed by atoms with van der Waals surface area (Å²) in [5, 5.41) is 12.2. The lowest BCUT2D eigenvalue weighted by Gasteiger charge is -2.34. The van der Waals surface area contributed by atoms with Crippen LogP contribution in [0.25, 0.3) is 0 Å². The average molecular weight is 385 g/mol. The number of hydrogen-bond donors (Lipinski definition) is 1. The third kappa shape index (κ3) is 4.83. The molecule has 5 nitrogen and oxygen atoms in total. The summed E-state index contributed by atoms with van der Waals surface area (Å²) in [6, 6.07) is 8.02. The van der Waals surface area contributed by atoms with Gasteiger partial charge >= 0.3 is 0 Å². The van der Waals surface area contributed by atoms with Gasteiger partial charge in [-0.15, -0.1) is 12.4 Å². The van der Waals surface area contributed by atoms with E-state index in [1.807, 2.05) is 6.07 Å². The van der Waals surface area contributed by atoms with Crippen molar-refractivity contribution in [3.63, 3.8) is 0 Å². The highest BCUT2D eigenvalue weighted by molar-refractivity contribution is 5.85. The summed E-state index contributed by atoms with van der Waals surface area (Å²) >= 11 is 0. The summed E-state index contributed by atoms with van der Waals surface area (Å²) in [5.41, 5.74) is 0.999. The van der Waals surface area contributed by atoms with E-state index in [4.69, 9.17) is 5.26 Å². The molecule has 0 aromatic heterocycles. The van der Waals surface area contributed by atoms with Crippen LogP contribution in [-0.2, 0) is 4.79 Å². The zero-order valence-corrected chi connectivity index (χ0v) is 15.2. The summed E-state index contributed by atoms with van der Waals surface area (Å²) in [4.78, 5) is 15.8. The first-order valence-electron chi connectivity index (χ1n) is 8.64. The lowest BCUT2D eigenvalue weighted by atomic mass is 10.0. The third-order valence-corrected chi connectivity index (χ3v) is 4.95. The highest BCUT2D eigenvalue weighted by Gasteiger charge is 2.35. The number of hydrogen-bond acceptors (Lipinski definition) is 4. The van der Waals surface area contributed by atoms with Crippen LogP contribution in [0, 0.1) is 17.1 Å². The minimum absolute atomic E-state index is 0. The SMILES string of the molecule is Cl.N#CC1CC(F)CN1C(=O)CNC1CCN(c2ccc(F)cc2)CC1. The number of anilines is 1. The Morgan fingerprint density at radius 2 is 1.92 bits per heavy atom. The normalized spacial score (nSPS) is 23.4. The van der Waals surface area contributed by atoms with E-state index in [1.54, 1.807) is 12.1 Å². The summed E-state index contributed by atoms with van der Waals surface area (Å²) in [7, 11) is 0. The number of rotatable bonds is 4. The number of piperidine rings is 1. The quantitative estimate of drug-likeness (QED) is 0.865. The van der Waals surface area contributed by atoms with E-state index < -0.39 is 12.2 Å². The molecule has 2 atom stereocenters. The number of likely N-dealkylation sites (tertiary alicyclic amines) is 1. The Morgan fingerprint density at radius 3 is 2.54 bits per heavy atom.